The summed E-state index contributed by atoms with van der Waals surface area (Å²) < 4.78 is 0. The number of fused-ring (bicyclic) bond motifs is 1. The van der Waals surface area contributed by atoms with Gasteiger partial charge < -0.3 is 5.11 Å². The van der Waals surface area contributed by atoms with Gasteiger partial charge >= 0.3 is 5.97 Å². The average molecular weight is 263 g/mol. The van der Waals surface area contributed by atoms with Gasteiger partial charge in [0.2, 0.25) is 0 Å². The molecule has 0 radical (unpaired) electrons. The zero-order valence-electron chi connectivity index (χ0n) is 9.97. The first-order chi connectivity index (χ1) is 8.74. The van der Waals surface area contributed by atoms with E-state index >= 15 is 0 Å². The van der Waals surface area contributed by atoms with Crippen LogP contribution in [0.5, 0.6) is 0 Å². The summed E-state index contributed by atoms with van der Waals surface area (Å²) in [5.74, 6) is -0.763. The molecule has 2 rings (SSSR count). The van der Waals surface area contributed by atoms with Crippen molar-refractivity contribution in [3.8, 4) is 0 Å². The normalized spacial score (nSPS) is 12.5. The van der Waals surface area contributed by atoms with Crippen LogP contribution in [-0.4, -0.2) is 17.0 Å². The van der Waals surface area contributed by atoms with Crippen molar-refractivity contribution in [3.63, 3.8) is 0 Å². The minimum atomic E-state index is -0.781. The first-order valence-electron chi connectivity index (χ1n) is 6.00. The minimum Gasteiger partial charge on any atom is -0.481 e. The van der Waals surface area contributed by atoms with Crippen LogP contribution in [0.1, 0.15) is 24.3 Å². The Balaban J connectivity index is 2.46. The van der Waals surface area contributed by atoms with Crippen LogP contribution in [0, 0.1) is 0 Å². The molecule has 0 fully saturated rings. The molecule has 2 aromatic rings. The summed E-state index contributed by atoms with van der Waals surface area (Å²) in [7, 11) is 0. The molecule has 0 aliphatic carbocycles. The Hall–Kier alpha value is -1.54. The fourth-order valence-electron chi connectivity index (χ4n) is 2.25. The molecule has 1 unspecified atom stereocenters. The molecule has 0 aromatic heterocycles. The third-order valence-electron chi connectivity index (χ3n) is 3.12. The minimum absolute atomic E-state index is 0.477. The van der Waals surface area contributed by atoms with Gasteiger partial charge in [-0.25, -0.2) is 0 Å². The molecule has 0 bridgehead atoms. The number of carboxylic acid groups (broad SMARTS) is 1. The number of carbonyl (C=O) groups is 1. The molecule has 0 spiro atoms. The van der Waals surface area contributed by atoms with Gasteiger partial charge in [0.25, 0.3) is 0 Å². The lowest BCUT2D eigenvalue weighted by Crippen LogP contribution is -2.12. The zero-order valence-corrected chi connectivity index (χ0v) is 10.7. The smallest absolute Gasteiger partial charge is 0.310 e. The molecule has 3 heteroatoms. The monoisotopic (exact) mass is 262 g/mol. The van der Waals surface area contributed by atoms with Crippen LogP contribution in [0.2, 0.25) is 0 Å². The van der Waals surface area contributed by atoms with Crippen molar-refractivity contribution in [3.05, 3.63) is 48.0 Å². The average Bonchev–Trinajstić information content (AvgIpc) is 2.39. The quantitative estimate of drug-likeness (QED) is 0.826. The van der Waals surface area contributed by atoms with Crippen LogP contribution in [0.25, 0.3) is 10.8 Å². The fourth-order valence-corrected chi connectivity index (χ4v) is 2.40. The Morgan fingerprint density at radius 1 is 1.17 bits per heavy atom. The van der Waals surface area contributed by atoms with E-state index in [1.807, 2.05) is 42.5 Å². The molecule has 0 amide bonds. The molecule has 18 heavy (non-hydrogen) atoms. The lowest BCUT2D eigenvalue weighted by atomic mass is 9.90. The van der Waals surface area contributed by atoms with E-state index in [-0.39, 0.29) is 0 Å². The van der Waals surface area contributed by atoms with Crippen molar-refractivity contribution < 1.29 is 9.90 Å². The molecule has 1 atom stereocenters. The highest BCUT2D eigenvalue weighted by Gasteiger charge is 2.20. The standard InChI is InChI=1S/C15H15ClO2/c16-10-4-9-14(15(17)18)13-8-3-6-11-5-1-2-7-12(11)13/h1-3,5-8,14H,4,9-10H2,(H,17,18). The maximum atomic E-state index is 11.4. The number of halogens is 1. The van der Waals surface area contributed by atoms with Crippen molar-refractivity contribution in [2.75, 3.05) is 5.88 Å². The van der Waals surface area contributed by atoms with E-state index in [0.717, 1.165) is 16.3 Å². The van der Waals surface area contributed by atoms with Crippen LogP contribution in [0.3, 0.4) is 0 Å². The number of hydrogen-bond acceptors (Lipinski definition) is 1. The third-order valence-corrected chi connectivity index (χ3v) is 3.39. The van der Waals surface area contributed by atoms with Crippen molar-refractivity contribution in [1.82, 2.24) is 0 Å². The van der Waals surface area contributed by atoms with Gasteiger partial charge in [0.1, 0.15) is 0 Å². The number of hydrogen-bond donors (Lipinski definition) is 1. The summed E-state index contributed by atoms with van der Waals surface area (Å²) in [6.07, 6.45) is 1.29. The van der Waals surface area contributed by atoms with Gasteiger partial charge in [-0.05, 0) is 29.2 Å². The second-order valence-corrected chi connectivity index (χ2v) is 4.67. The number of rotatable bonds is 5. The number of carboxylic acids is 1. The van der Waals surface area contributed by atoms with Crippen LogP contribution in [0.4, 0.5) is 0 Å². The number of alkyl halides is 1. The summed E-state index contributed by atoms with van der Waals surface area (Å²) >= 11 is 5.66. The molecule has 94 valence electrons. The predicted molar refractivity (Wildman–Crippen MR) is 74.3 cm³/mol. The van der Waals surface area contributed by atoms with E-state index in [1.165, 1.54) is 0 Å². The summed E-state index contributed by atoms with van der Waals surface area (Å²) in [5, 5.41) is 11.5. The molecule has 2 aromatic carbocycles. The highest BCUT2D eigenvalue weighted by atomic mass is 35.5. The van der Waals surface area contributed by atoms with Crippen molar-refractivity contribution >= 4 is 28.3 Å². The van der Waals surface area contributed by atoms with Gasteiger partial charge in [0.15, 0.2) is 0 Å². The van der Waals surface area contributed by atoms with Gasteiger partial charge in [0, 0.05) is 5.88 Å². The highest BCUT2D eigenvalue weighted by molar-refractivity contribution is 6.17. The molecule has 0 aliphatic heterocycles. The lowest BCUT2D eigenvalue weighted by molar-refractivity contribution is -0.138. The van der Waals surface area contributed by atoms with Gasteiger partial charge in [0.05, 0.1) is 5.92 Å². The molecule has 0 heterocycles. The van der Waals surface area contributed by atoms with E-state index in [2.05, 4.69) is 0 Å². The molecule has 0 aliphatic rings. The summed E-state index contributed by atoms with van der Waals surface area (Å²) in [6, 6.07) is 13.7. The summed E-state index contributed by atoms with van der Waals surface area (Å²) in [6.45, 7) is 0. The largest absolute Gasteiger partial charge is 0.481 e. The summed E-state index contributed by atoms with van der Waals surface area (Å²) in [5.41, 5.74) is 0.880. The lowest BCUT2D eigenvalue weighted by Gasteiger charge is -2.14. The van der Waals surface area contributed by atoms with E-state index in [4.69, 9.17) is 11.6 Å². The molecular formula is C15H15ClO2. The van der Waals surface area contributed by atoms with Gasteiger partial charge in [-0.1, -0.05) is 42.5 Å². The van der Waals surface area contributed by atoms with E-state index in [9.17, 15) is 9.90 Å². The van der Waals surface area contributed by atoms with Gasteiger partial charge in [-0.15, -0.1) is 11.6 Å². The third kappa shape index (κ3) is 2.65. The van der Waals surface area contributed by atoms with Crippen LogP contribution in [-0.2, 0) is 4.79 Å². The first kappa shape index (κ1) is 12.9. The highest BCUT2D eigenvalue weighted by Crippen LogP contribution is 2.29. The zero-order chi connectivity index (χ0) is 13.0. The Kier molecular flexibility index (Phi) is 4.21. The van der Waals surface area contributed by atoms with Crippen molar-refractivity contribution in [1.29, 1.82) is 0 Å². The molecule has 0 saturated heterocycles. The fraction of sp³-hybridized carbons (Fsp3) is 0.267. The second kappa shape index (κ2) is 5.87. The first-order valence-corrected chi connectivity index (χ1v) is 6.54. The van der Waals surface area contributed by atoms with Gasteiger partial charge in [-0.3, -0.25) is 4.79 Å². The van der Waals surface area contributed by atoms with Crippen LogP contribution < -0.4 is 0 Å². The maximum absolute atomic E-state index is 11.4. The topological polar surface area (TPSA) is 37.3 Å². The summed E-state index contributed by atoms with van der Waals surface area (Å²) in [4.78, 5) is 11.4. The predicted octanol–water partition coefficient (Wildman–Crippen LogP) is 4.03. The SMILES string of the molecule is O=C(O)C(CCCCl)c1cccc2ccccc12. The van der Waals surface area contributed by atoms with E-state index in [0.29, 0.717) is 18.7 Å². The van der Waals surface area contributed by atoms with E-state index in [1.54, 1.807) is 0 Å². The molecule has 0 saturated carbocycles. The maximum Gasteiger partial charge on any atom is 0.310 e. The molecule has 1 N–H and O–H groups in total. The Bertz CT molecular complexity index is 546. The number of benzene rings is 2. The van der Waals surface area contributed by atoms with Crippen LogP contribution in [0.15, 0.2) is 42.5 Å². The molecular weight excluding hydrogens is 248 g/mol. The van der Waals surface area contributed by atoms with Crippen molar-refractivity contribution in [2.45, 2.75) is 18.8 Å². The van der Waals surface area contributed by atoms with E-state index < -0.39 is 11.9 Å². The Morgan fingerprint density at radius 2 is 1.89 bits per heavy atom. The molecule has 2 nitrogen and oxygen atoms in total. The second-order valence-electron chi connectivity index (χ2n) is 4.29. The number of aliphatic carboxylic acids is 1. The Labute approximate surface area is 111 Å². The Morgan fingerprint density at radius 3 is 2.61 bits per heavy atom. The van der Waals surface area contributed by atoms with Gasteiger partial charge in [-0.2, -0.15) is 0 Å². The van der Waals surface area contributed by atoms with Crippen LogP contribution >= 0.6 is 11.6 Å². The van der Waals surface area contributed by atoms with Crippen molar-refractivity contribution in [2.24, 2.45) is 0 Å².